The lowest BCUT2D eigenvalue weighted by molar-refractivity contribution is -0.137. The Morgan fingerprint density at radius 3 is 2.11 bits per heavy atom. The lowest BCUT2D eigenvalue weighted by Crippen LogP contribution is -2.20. The van der Waals surface area contributed by atoms with E-state index in [0.717, 1.165) is 6.07 Å². The van der Waals surface area contributed by atoms with Crippen LogP contribution in [-0.4, -0.2) is 11.1 Å². The Morgan fingerprint density at radius 2 is 1.68 bits per heavy atom. The molecule has 0 heterocycles. The first-order valence-corrected chi connectivity index (χ1v) is 5.77. The van der Waals surface area contributed by atoms with Gasteiger partial charge in [0.2, 0.25) is 0 Å². The first-order chi connectivity index (χ1) is 8.62. The number of carbonyl (C=O) groups is 1. The maximum atomic E-state index is 14.5. The molecule has 0 saturated heterocycles. The summed E-state index contributed by atoms with van der Waals surface area (Å²) in [6, 6.07) is 2.20. The van der Waals surface area contributed by atoms with E-state index in [1.807, 2.05) is 0 Å². The van der Waals surface area contributed by atoms with E-state index in [4.69, 9.17) is 5.11 Å². The van der Waals surface area contributed by atoms with Gasteiger partial charge in [-0.25, -0.2) is 9.18 Å². The number of rotatable bonds is 3. The zero-order chi connectivity index (χ0) is 14.4. The topological polar surface area (TPSA) is 37.3 Å². The third-order valence-corrected chi connectivity index (χ3v) is 3.42. The highest BCUT2D eigenvalue weighted by Crippen LogP contribution is 2.49. The number of carboxylic acid groups (broad SMARTS) is 1. The fraction of sp³-hybridized carbons (Fsp3) is 0.462. The summed E-state index contributed by atoms with van der Waals surface area (Å²) in [5, 5.41) is 8.83. The van der Waals surface area contributed by atoms with Crippen LogP contribution in [0.25, 0.3) is 0 Å². The molecule has 1 unspecified atom stereocenters. The molecule has 1 saturated carbocycles. The largest absolute Gasteiger partial charge is 0.478 e. The van der Waals surface area contributed by atoms with E-state index in [1.165, 1.54) is 6.92 Å². The Morgan fingerprint density at radius 1 is 1.16 bits per heavy atom. The van der Waals surface area contributed by atoms with Crippen LogP contribution < -0.4 is 0 Å². The molecule has 0 radical (unpaired) electrons. The van der Waals surface area contributed by atoms with Crippen molar-refractivity contribution in [2.24, 2.45) is 5.92 Å². The lowest BCUT2D eigenvalue weighted by atomic mass is 9.90. The van der Waals surface area contributed by atoms with Crippen LogP contribution in [0, 0.1) is 5.92 Å². The molecule has 1 atom stereocenters. The first-order valence-electron chi connectivity index (χ1n) is 5.77. The van der Waals surface area contributed by atoms with Crippen LogP contribution in [0.5, 0.6) is 0 Å². The minimum absolute atomic E-state index is 0.220. The Hall–Kier alpha value is -1.59. The quantitative estimate of drug-likeness (QED) is 0.847. The molecule has 0 aliphatic heterocycles. The SMILES string of the molecule is CC(F)(c1cc(C(=O)O)cc(C(F)(F)F)c1)C1CC1. The molecule has 1 aromatic carbocycles. The smallest absolute Gasteiger partial charge is 0.416 e. The van der Waals surface area contributed by atoms with E-state index in [9.17, 15) is 22.4 Å². The molecule has 6 heteroatoms. The standard InChI is InChI=1S/C13H12F4O2/c1-12(14,8-2-3-8)9-4-7(11(18)19)5-10(6-9)13(15,16)17/h4-6,8H,2-3H2,1H3,(H,18,19). The van der Waals surface area contributed by atoms with E-state index in [0.29, 0.717) is 25.0 Å². The van der Waals surface area contributed by atoms with E-state index in [2.05, 4.69) is 0 Å². The van der Waals surface area contributed by atoms with Gasteiger partial charge in [-0.3, -0.25) is 0 Å². The minimum Gasteiger partial charge on any atom is -0.478 e. The lowest BCUT2D eigenvalue weighted by Gasteiger charge is -2.22. The molecule has 1 aliphatic rings. The van der Waals surface area contributed by atoms with Crippen molar-refractivity contribution >= 4 is 5.97 Å². The van der Waals surface area contributed by atoms with Crippen molar-refractivity contribution in [3.8, 4) is 0 Å². The Labute approximate surface area is 107 Å². The minimum atomic E-state index is -4.69. The summed E-state index contributed by atoms with van der Waals surface area (Å²) in [5.74, 6) is -1.84. The highest BCUT2D eigenvalue weighted by molar-refractivity contribution is 5.88. The third kappa shape index (κ3) is 2.72. The Kier molecular flexibility index (Phi) is 3.07. The van der Waals surface area contributed by atoms with E-state index < -0.39 is 28.9 Å². The van der Waals surface area contributed by atoms with Gasteiger partial charge in [-0.15, -0.1) is 0 Å². The number of carboxylic acids is 1. The molecule has 104 valence electrons. The molecule has 0 aromatic heterocycles. The van der Waals surface area contributed by atoms with E-state index in [-0.39, 0.29) is 11.5 Å². The second kappa shape index (κ2) is 4.21. The summed E-state index contributed by atoms with van der Waals surface area (Å²) in [4.78, 5) is 10.9. The predicted molar refractivity (Wildman–Crippen MR) is 59.6 cm³/mol. The number of alkyl halides is 4. The van der Waals surface area contributed by atoms with E-state index >= 15 is 0 Å². The molecule has 0 amide bonds. The molecule has 2 nitrogen and oxygen atoms in total. The highest BCUT2D eigenvalue weighted by atomic mass is 19.4. The monoisotopic (exact) mass is 276 g/mol. The van der Waals surface area contributed by atoms with Gasteiger partial charge >= 0.3 is 12.1 Å². The number of benzene rings is 1. The molecule has 0 bridgehead atoms. The number of hydrogen-bond donors (Lipinski definition) is 1. The maximum Gasteiger partial charge on any atom is 0.416 e. The normalized spacial score (nSPS) is 19.0. The van der Waals surface area contributed by atoms with Crippen LogP contribution in [-0.2, 0) is 11.8 Å². The molecule has 1 aliphatic carbocycles. The van der Waals surface area contributed by atoms with Crippen LogP contribution in [0.1, 0.15) is 41.3 Å². The second-order valence-electron chi connectivity index (χ2n) is 4.95. The maximum absolute atomic E-state index is 14.5. The molecular weight excluding hydrogens is 264 g/mol. The summed E-state index contributed by atoms with van der Waals surface area (Å²) in [5.41, 5.74) is -3.82. The van der Waals surface area contributed by atoms with E-state index in [1.54, 1.807) is 0 Å². The summed E-state index contributed by atoms with van der Waals surface area (Å²) < 4.78 is 52.6. The van der Waals surface area contributed by atoms with Crippen LogP contribution >= 0.6 is 0 Å². The Bertz CT molecular complexity index is 516. The van der Waals surface area contributed by atoms with Crippen LogP contribution in [0.15, 0.2) is 18.2 Å². The van der Waals surface area contributed by atoms with Gasteiger partial charge in [-0.05, 0) is 49.4 Å². The molecule has 0 spiro atoms. The zero-order valence-electron chi connectivity index (χ0n) is 10.1. The van der Waals surface area contributed by atoms with Gasteiger partial charge in [0.1, 0.15) is 5.67 Å². The number of hydrogen-bond acceptors (Lipinski definition) is 1. The molecular formula is C13H12F4O2. The summed E-state index contributed by atoms with van der Waals surface area (Å²) in [7, 11) is 0. The van der Waals surface area contributed by atoms with Gasteiger partial charge < -0.3 is 5.11 Å². The van der Waals surface area contributed by atoms with Gasteiger partial charge in [0.25, 0.3) is 0 Å². The van der Waals surface area contributed by atoms with Crippen LogP contribution in [0.4, 0.5) is 17.6 Å². The second-order valence-corrected chi connectivity index (χ2v) is 4.95. The summed E-state index contributed by atoms with van der Waals surface area (Å²) >= 11 is 0. The van der Waals surface area contributed by atoms with Crippen LogP contribution in [0.3, 0.4) is 0 Å². The number of aromatic carboxylic acids is 1. The summed E-state index contributed by atoms with van der Waals surface area (Å²) in [6.45, 7) is 1.20. The van der Waals surface area contributed by atoms with Crippen molar-refractivity contribution in [3.63, 3.8) is 0 Å². The summed E-state index contributed by atoms with van der Waals surface area (Å²) in [6.07, 6.45) is -3.49. The average molecular weight is 276 g/mol. The molecule has 19 heavy (non-hydrogen) atoms. The fourth-order valence-corrected chi connectivity index (χ4v) is 2.06. The van der Waals surface area contributed by atoms with Crippen molar-refractivity contribution in [3.05, 3.63) is 34.9 Å². The molecule has 2 rings (SSSR count). The Balaban J connectivity index is 2.54. The first kappa shape index (κ1) is 13.8. The van der Waals surface area contributed by atoms with Gasteiger partial charge in [0.05, 0.1) is 11.1 Å². The average Bonchev–Trinajstić information content (AvgIpc) is 3.11. The van der Waals surface area contributed by atoms with Gasteiger partial charge in [-0.1, -0.05) is 0 Å². The molecule has 1 fully saturated rings. The third-order valence-electron chi connectivity index (χ3n) is 3.42. The van der Waals surface area contributed by atoms with Gasteiger partial charge in [0.15, 0.2) is 0 Å². The van der Waals surface area contributed by atoms with Crippen molar-refractivity contribution in [2.75, 3.05) is 0 Å². The fourth-order valence-electron chi connectivity index (χ4n) is 2.06. The van der Waals surface area contributed by atoms with Gasteiger partial charge in [-0.2, -0.15) is 13.2 Å². The van der Waals surface area contributed by atoms with Crippen molar-refractivity contribution in [2.45, 2.75) is 31.6 Å². The van der Waals surface area contributed by atoms with Crippen molar-refractivity contribution in [1.82, 2.24) is 0 Å². The van der Waals surface area contributed by atoms with Gasteiger partial charge in [0, 0.05) is 0 Å². The molecule has 1 N–H and O–H groups in total. The van der Waals surface area contributed by atoms with Crippen molar-refractivity contribution < 1.29 is 27.5 Å². The van der Waals surface area contributed by atoms with Crippen molar-refractivity contribution in [1.29, 1.82) is 0 Å². The molecule has 1 aromatic rings. The predicted octanol–water partition coefficient (Wildman–Crippen LogP) is 4.00. The highest BCUT2D eigenvalue weighted by Gasteiger charge is 2.44. The zero-order valence-corrected chi connectivity index (χ0v) is 10.1. The van der Waals surface area contributed by atoms with Crippen LogP contribution in [0.2, 0.25) is 0 Å². The number of halogens is 4.